The lowest BCUT2D eigenvalue weighted by molar-refractivity contribution is 0.0953. The third-order valence-electron chi connectivity index (χ3n) is 2.73. The quantitative estimate of drug-likeness (QED) is 0.937. The second kappa shape index (κ2) is 5.97. The molecule has 4 nitrogen and oxygen atoms in total. The maximum atomic E-state index is 12.9. The summed E-state index contributed by atoms with van der Waals surface area (Å²) in [4.78, 5) is 16.1. The highest BCUT2D eigenvalue weighted by Gasteiger charge is 2.10. The van der Waals surface area contributed by atoms with Crippen LogP contribution in [0.5, 0.6) is 0 Å². The second-order valence-electron chi connectivity index (χ2n) is 4.08. The number of amides is 1. The van der Waals surface area contributed by atoms with Crippen molar-refractivity contribution in [1.29, 1.82) is 0 Å². The first-order chi connectivity index (χ1) is 9.08. The van der Waals surface area contributed by atoms with E-state index in [0.717, 1.165) is 5.82 Å². The lowest BCUT2D eigenvalue weighted by Gasteiger charge is -2.07. The van der Waals surface area contributed by atoms with Gasteiger partial charge in [0.25, 0.3) is 5.91 Å². The number of aryl methyl sites for hydroxylation is 1. The molecule has 19 heavy (non-hydrogen) atoms. The predicted molar refractivity (Wildman–Crippen MR) is 73.3 cm³/mol. The van der Waals surface area contributed by atoms with Crippen molar-refractivity contribution in [2.24, 2.45) is 7.05 Å². The molecule has 2 aromatic rings. The van der Waals surface area contributed by atoms with Gasteiger partial charge in [-0.05, 0) is 34.1 Å². The fourth-order valence-corrected chi connectivity index (χ4v) is 2.22. The molecule has 0 fully saturated rings. The van der Waals surface area contributed by atoms with Crippen molar-refractivity contribution in [2.45, 2.75) is 6.42 Å². The van der Waals surface area contributed by atoms with E-state index in [1.807, 2.05) is 17.8 Å². The summed E-state index contributed by atoms with van der Waals surface area (Å²) >= 11 is 3.17. The molecule has 6 heteroatoms. The topological polar surface area (TPSA) is 46.9 Å². The molecule has 0 aliphatic carbocycles. The molecular weight excluding hydrogens is 313 g/mol. The van der Waals surface area contributed by atoms with E-state index in [0.29, 0.717) is 23.0 Å². The summed E-state index contributed by atoms with van der Waals surface area (Å²) in [6, 6.07) is 3.99. The van der Waals surface area contributed by atoms with E-state index < -0.39 is 0 Å². The largest absolute Gasteiger partial charge is 0.352 e. The lowest BCUT2D eigenvalue weighted by atomic mass is 10.2. The molecule has 0 radical (unpaired) electrons. The van der Waals surface area contributed by atoms with Gasteiger partial charge in [-0.2, -0.15) is 0 Å². The minimum atomic E-state index is -0.378. The minimum Gasteiger partial charge on any atom is -0.352 e. The Morgan fingerprint density at radius 3 is 2.95 bits per heavy atom. The van der Waals surface area contributed by atoms with E-state index >= 15 is 0 Å². The van der Waals surface area contributed by atoms with Crippen LogP contribution in [0, 0.1) is 5.82 Å². The molecule has 0 aliphatic rings. The van der Waals surface area contributed by atoms with Crippen LogP contribution in [-0.2, 0) is 13.5 Å². The van der Waals surface area contributed by atoms with E-state index in [-0.39, 0.29) is 11.7 Å². The van der Waals surface area contributed by atoms with E-state index in [4.69, 9.17) is 0 Å². The van der Waals surface area contributed by atoms with Gasteiger partial charge in [-0.1, -0.05) is 0 Å². The highest BCUT2D eigenvalue weighted by Crippen LogP contribution is 2.17. The molecule has 1 amide bonds. The number of carbonyl (C=O) groups excluding carboxylic acids is 1. The zero-order valence-corrected chi connectivity index (χ0v) is 11.9. The summed E-state index contributed by atoms with van der Waals surface area (Å²) in [5.74, 6) is 0.288. The van der Waals surface area contributed by atoms with Crippen molar-refractivity contribution in [3.63, 3.8) is 0 Å². The van der Waals surface area contributed by atoms with Gasteiger partial charge < -0.3 is 9.88 Å². The Bertz CT molecular complexity index is 597. The normalized spacial score (nSPS) is 10.5. The van der Waals surface area contributed by atoms with E-state index in [2.05, 4.69) is 26.2 Å². The molecule has 1 N–H and O–H groups in total. The van der Waals surface area contributed by atoms with Gasteiger partial charge in [0.1, 0.15) is 11.6 Å². The Morgan fingerprint density at radius 2 is 2.32 bits per heavy atom. The van der Waals surface area contributed by atoms with Crippen LogP contribution < -0.4 is 5.32 Å². The fraction of sp³-hybridized carbons (Fsp3) is 0.231. The van der Waals surface area contributed by atoms with Crippen molar-refractivity contribution in [2.75, 3.05) is 6.54 Å². The Hall–Kier alpha value is -1.69. The average Bonchev–Trinajstić information content (AvgIpc) is 2.75. The number of carbonyl (C=O) groups is 1. The van der Waals surface area contributed by atoms with Crippen LogP contribution in [0.2, 0.25) is 0 Å². The molecular formula is C13H13BrFN3O. The first-order valence-electron chi connectivity index (χ1n) is 5.77. The Morgan fingerprint density at radius 1 is 1.53 bits per heavy atom. The summed E-state index contributed by atoms with van der Waals surface area (Å²) in [7, 11) is 1.90. The zero-order chi connectivity index (χ0) is 13.8. The van der Waals surface area contributed by atoms with E-state index in [9.17, 15) is 9.18 Å². The number of nitrogens with zero attached hydrogens (tertiary/aromatic N) is 2. The van der Waals surface area contributed by atoms with Crippen molar-refractivity contribution >= 4 is 21.8 Å². The molecule has 1 aromatic carbocycles. The predicted octanol–water partition coefficient (Wildman–Crippen LogP) is 2.29. The fourth-order valence-electron chi connectivity index (χ4n) is 1.69. The van der Waals surface area contributed by atoms with Crippen LogP contribution >= 0.6 is 15.9 Å². The summed E-state index contributed by atoms with van der Waals surface area (Å²) in [5, 5.41) is 2.78. The van der Waals surface area contributed by atoms with Crippen LogP contribution in [0.4, 0.5) is 4.39 Å². The number of hydrogen-bond acceptors (Lipinski definition) is 2. The second-order valence-corrected chi connectivity index (χ2v) is 4.94. The zero-order valence-electron chi connectivity index (χ0n) is 10.4. The summed E-state index contributed by atoms with van der Waals surface area (Å²) in [6.45, 7) is 0.480. The molecule has 0 spiro atoms. The number of aromatic nitrogens is 2. The molecule has 0 bridgehead atoms. The first kappa shape index (κ1) is 13.7. The maximum Gasteiger partial charge on any atom is 0.252 e. The molecule has 1 aromatic heterocycles. The Kier molecular flexibility index (Phi) is 4.31. The van der Waals surface area contributed by atoms with Crippen LogP contribution in [0.3, 0.4) is 0 Å². The molecule has 0 atom stereocenters. The first-order valence-corrected chi connectivity index (χ1v) is 6.56. The van der Waals surface area contributed by atoms with Crippen LogP contribution in [-0.4, -0.2) is 22.0 Å². The number of nitrogens with one attached hydrogen (secondary N) is 1. The van der Waals surface area contributed by atoms with Crippen molar-refractivity contribution < 1.29 is 9.18 Å². The molecule has 100 valence electrons. The maximum absolute atomic E-state index is 12.9. The van der Waals surface area contributed by atoms with Crippen LogP contribution in [0.1, 0.15) is 16.2 Å². The molecule has 0 saturated carbocycles. The van der Waals surface area contributed by atoms with Crippen LogP contribution in [0.25, 0.3) is 0 Å². The monoisotopic (exact) mass is 325 g/mol. The van der Waals surface area contributed by atoms with Gasteiger partial charge in [0.2, 0.25) is 0 Å². The highest BCUT2D eigenvalue weighted by molar-refractivity contribution is 9.10. The van der Waals surface area contributed by atoms with E-state index in [1.54, 1.807) is 6.20 Å². The average molecular weight is 326 g/mol. The van der Waals surface area contributed by atoms with Gasteiger partial charge in [0.05, 0.1) is 5.56 Å². The van der Waals surface area contributed by atoms with E-state index in [1.165, 1.54) is 18.2 Å². The Labute approximate surface area is 118 Å². The Balaban J connectivity index is 1.93. The van der Waals surface area contributed by atoms with Gasteiger partial charge in [0, 0.05) is 36.9 Å². The molecule has 0 unspecified atom stereocenters. The van der Waals surface area contributed by atoms with Crippen LogP contribution in [0.15, 0.2) is 35.1 Å². The number of imidazole rings is 1. The number of halogens is 2. The summed E-state index contributed by atoms with van der Waals surface area (Å²) in [5.41, 5.74) is 0.418. The number of hydrogen-bond donors (Lipinski definition) is 1. The molecule has 1 heterocycles. The summed E-state index contributed by atoms with van der Waals surface area (Å²) < 4.78 is 15.3. The molecule has 0 saturated heterocycles. The standard InChI is InChI=1S/C13H13BrFN3O/c1-18-7-6-16-12(18)4-5-17-13(19)10-3-2-9(15)8-11(10)14/h2-3,6-8H,4-5H2,1H3,(H,17,19). The smallest absolute Gasteiger partial charge is 0.252 e. The van der Waals surface area contributed by atoms with Gasteiger partial charge in [0.15, 0.2) is 0 Å². The minimum absolute atomic E-state index is 0.235. The molecule has 2 rings (SSSR count). The van der Waals surface area contributed by atoms with Gasteiger partial charge >= 0.3 is 0 Å². The van der Waals surface area contributed by atoms with Gasteiger partial charge in [-0.25, -0.2) is 9.37 Å². The number of rotatable bonds is 4. The lowest BCUT2D eigenvalue weighted by Crippen LogP contribution is -2.26. The van der Waals surface area contributed by atoms with Crippen molar-refractivity contribution in [3.05, 3.63) is 52.3 Å². The molecule has 0 aliphatic heterocycles. The van der Waals surface area contributed by atoms with Gasteiger partial charge in [-0.15, -0.1) is 0 Å². The summed E-state index contributed by atoms with van der Waals surface area (Å²) in [6.07, 6.45) is 4.22. The number of benzene rings is 1. The van der Waals surface area contributed by atoms with Crippen molar-refractivity contribution in [3.8, 4) is 0 Å². The third kappa shape index (κ3) is 3.41. The third-order valence-corrected chi connectivity index (χ3v) is 3.39. The highest BCUT2D eigenvalue weighted by atomic mass is 79.9. The van der Waals surface area contributed by atoms with Gasteiger partial charge in [-0.3, -0.25) is 4.79 Å². The van der Waals surface area contributed by atoms with Crippen molar-refractivity contribution in [1.82, 2.24) is 14.9 Å². The SMILES string of the molecule is Cn1ccnc1CCNC(=O)c1ccc(F)cc1Br.